The van der Waals surface area contributed by atoms with E-state index < -0.39 is 15.3 Å². The zero-order valence-electron chi connectivity index (χ0n) is 14.0. The molecule has 0 radical (unpaired) electrons. The first kappa shape index (κ1) is 19.2. The lowest BCUT2D eigenvalue weighted by molar-refractivity contribution is -0.645. The summed E-state index contributed by atoms with van der Waals surface area (Å²) in [6.45, 7) is 1.67. The molecule has 1 aromatic heterocycles. The molecule has 0 aliphatic carbocycles. The van der Waals surface area contributed by atoms with Crippen LogP contribution in [0, 0.1) is 5.21 Å². The lowest BCUT2D eigenvalue weighted by atomic mass is 10.3. The summed E-state index contributed by atoms with van der Waals surface area (Å²) in [6, 6.07) is 11.0. The smallest absolute Gasteiger partial charge is 0.252 e. The first-order chi connectivity index (χ1) is 11.7. The molecule has 2 rings (SSSR count). The molecule has 134 valence electrons. The monoisotopic (exact) mass is 381 g/mol. The number of nitrogens with one attached hydrogen (secondary N) is 1. The second-order valence-corrected chi connectivity index (χ2v) is 8.94. The number of anilines is 1. The molecule has 7 nitrogen and oxygen atoms in total. The molecule has 1 amide bonds. The lowest BCUT2D eigenvalue weighted by Gasteiger charge is -2.14. The number of nitrogens with zero attached hydrogens (tertiary/aromatic N) is 2. The van der Waals surface area contributed by atoms with Gasteiger partial charge in [0.15, 0.2) is 6.20 Å². The van der Waals surface area contributed by atoms with E-state index in [1.54, 1.807) is 37.3 Å². The number of carbonyl (C=O) groups excluding carboxylic acids is 1. The van der Waals surface area contributed by atoms with Crippen molar-refractivity contribution in [3.8, 4) is 0 Å². The lowest BCUT2D eigenvalue weighted by Crippen LogP contribution is -2.30. The van der Waals surface area contributed by atoms with E-state index in [0.717, 1.165) is 16.1 Å². The number of amides is 1. The Labute approximate surface area is 151 Å². The van der Waals surface area contributed by atoms with E-state index in [4.69, 9.17) is 0 Å². The summed E-state index contributed by atoms with van der Waals surface area (Å²) in [5.41, 5.74) is 0.378. The summed E-state index contributed by atoms with van der Waals surface area (Å²) in [6.07, 6.45) is 1.36. The molecule has 25 heavy (non-hydrogen) atoms. The zero-order valence-corrected chi connectivity index (χ0v) is 15.7. The molecule has 0 fully saturated rings. The molecule has 0 bridgehead atoms. The van der Waals surface area contributed by atoms with E-state index in [0.29, 0.717) is 15.4 Å². The molecule has 0 saturated heterocycles. The number of carbonyl (C=O) groups is 1. The van der Waals surface area contributed by atoms with Crippen LogP contribution in [-0.2, 0) is 14.8 Å². The fraction of sp³-hybridized carbons (Fsp3) is 0.250. The third kappa shape index (κ3) is 4.71. The van der Waals surface area contributed by atoms with Crippen molar-refractivity contribution in [2.45, 2.75) is 22.1 Å². The van der Waals surface area contributed by atoms with Crippen molar-refractivity contribution in [1.29, 1.82) is 0 Å². The van der Waals surface area contributed by atoms with Gasteiger partial charge < -0.3 is 10.5 Å². The summed E-state index contributed by atoms with van der Waals surface area (Å²) >= 11 is 1.12. The Balaban J connectivity index is 2.12. The predicted octanol–water partition coefficient (Wildman–Crippen LogP) is 1.69. The zero-order chi connectivity index (χ0) is 18.6. The van der Waals surface area contributed by atoms with E-state index in [9.17, 15) is 18.4 Å². The van der Waals surface area contributed by atoms with Gasteiger partial charge in [-0.25, -0.2) is 12.7 Å². The molecule has 9 heteroatoms. The van der Waals surface area contributed by atoms with Crippen LogP contribution in [0.1, 0.15) is 6.92 Å². The molecule has 1 atom stereocenters. The second-order valence-electron chi connectivity index (χ2n) is 5.43. The van der Waals surface area contributed by atoms with E-state index in [2.05, 4.69) is 5.32 Å². The average molecular weight is 381 g/mol. The standard InChI is InChI=1S/C16H19N3O4S2/c1-12(24-15-9-4-5-10-19(15)21)16(20)17-13-7-6-8-14(11-13)25(22,23)18(2)3/h4-12H,1-3H3,(H,17,20). The van der Waals surface area contributed by atoms with E-state index >= 15 is 0 Å². The SMILES string of the molecule is CC(Sc1cccc[n+]1[O-])C(=O)Nc1cccc(S(=O)(=O)N(C)C)c1. The number of thioether (sulfide) groups is 1. The number of pyridine rings is 1. The summed E-state index contributed by atoms with van der Waals surface area (Å²) in [5.74, 6) is -0.326. The van der Waals surface area contributed by atoms with Crippen molar-refractivity contribution in [2.75, 3.05) is 19.4 Å². The highest BCUT2D eigenvalue weighted by Gasteiger charge is 2.21. The Bertz CT molecular complexity index is 869. The van der Waals surface area contributed by atoms with E-state index in [1.807, 2.05) is 0 Å². The molecule has 0 spiro atoms. The minimum Gasteiger partial charge on any atom is -0.618 e. The van der Waals surface area contributed by atoms with Crippen LogP contribution in [-0.4, -0.2) is 38.0 Å². The molecule has 2 aromatic rings. The van der Waals surface area contributed by atoms with Gasteiger partial charge in [0.2, 0.25) is 15.9 Å². The maximum absolute atomic E-state index is 12.3. The third-order valence-electron chi connectivity index (χ3n) is 3.34. The number of aromatic nitrogens is 1. The largest absolute Gasteiger partial charge is 0.618 e. The van der Waals surface area contributed by atoms with Crippen molar-refractivity contribution in [1.82, 2.24) is 4.31 Å². The molecule has 1 heterocycles. The molecule has 1 unspecified atom stereocenters. The summed E-state index contributed by atoms with van der Waals surface area (Å²) in [4.78, 5) is 12.4. The van der Waals surface area contributed by atoms with Crippen LogP contribution in [0.4, 0.5) is 5.69 Å². The maximum atomic E-state index is 12.3. The molecular weight excluding hydrogens is 362 g/mol. The minimum absolute atomic E-state index is 0.0936. The van der Waals surface area contributed by atoms with Gasteiger partial charge in [0, 0.05) is 31.9 Å². The van der Waals surface area contributed by atoms with Crippen molar-refractivity contribution >= 4 is 33.4 Å². The van der Waals surface area contributed by atoms with Gasteiger partial charge in [-0.2, -0.15) is 4.73 Å². The highest BCUT2D eigenvalue weighted by atomic mass is 32.2. The second kappa shape index (κ2) is 7.85. The predicted molar refractivity (Wildman–Crippen MR) is 96.7 cm³/mol. The minimum atomic E-state index is -3.58. The third-order valence-corrected chi connectivity index (χ3v) is 6.27. The topological polar surface area (TPSA) is 93.4 Å². The van der Waals surface area contributed by atoms with E-state index in [-0.39, 0.29) is 10.8 Å². The number of hydrogen-bond acceptors (Lipinski definition) is 5. The van der Waals surface area contributed by atoms with Crippen molar-refractivity contribution in [3.63, 3.8) is 0 Å². The van der Waals surface area contributed by atoms with Crippen LogP contribution < -0.4 is 10.0 Å². The van der Waals surface area contributed by atoms with Gasteiger partial charge in [-0.1, -0.05) is 6.07 Å². The molecule has 0 saturated carbocycles. The maximum Gasteiger partial charge on any atom is 0.252 e. The quantitative estimate of drug-likeness (QED) is 0.467. The van der Waals surface area contributed by atoms with Crippen molar-refractivity contribution in [2.24, 2.45) is 0 Å². The van der Waals surface area contributed by atoms with Crippen LogP contribution in [0.3, 0.4) is 0 Å². The van der Waals surface area contributed by atoms with Gasteiger partial charge in [-0.15, -0.1) is 0 Å². The van der Waals surface area contributed by atoms with Gasteiger partial charge in [0.25, 0.3) is 5.03 Å². The fourth-order valence-electron chi connectivity index (χ4n) is 1.93. The number of rotatable bonds is 6. The van der Waals surface area contributed by atoms with Gasteiger partial charge >= 0.3 is 0 Å². The number of sulfonamides is 1. The molecule has 0 aliphatic rings. The van der Waals surface area contributed by atoms with Crippen LogP contribution in [0.2, 0.25) is 0 Å². The highest BCUT2D eigenvalue weighted by Crippen LogP contribution is 2.22. The molecule has 0 aliphatic heterocycles. The Morgan fingerprint density at radius 1 is 1.24 bits per heavy atom. The van der Waals surface area contributed by atoms with E-state index in [1.165, 1.54) is 32.4 Å². The Kier molecular flexibility index (Phi) is 6.04. The van der Waals surface area contributed by atoms with Gasteiger partial charge in [0.05, 0.1) is 10.1 Å². The summed E-state index contributed by atoms with van der Waals surface area (Å²) < 4.78 is 26.1. The van der Waals surface area contributed by atoms with Crippen molar-refractivity contribution < 1.29 is 17.9 Å². The van der Waals surface area contributed by atoms with Gasteiger partial charge in [-0.3, -0.25) is 4.79 Å². The van der Waals surface area contributed by atoms with Crippen molar-refractivity contribution in [3.05, 3.63) is 53.9 Å². The normalized spacial score (nSPS) is 12.8. The number of hydrogen-bond donors (Lipinski definition) is 1. The Morgan fingerprint density at radius 2 is 1.96 bits per heavy atom. The molecular formula is C16H19N3O4S2. The van der Waals surface area contributed by atoms with Gasteiger partial charge in [0.1, 0.15) is 0 Å². The first-order valence-corrected chi connectivity index (χ1v) is 9.72. The molecule has 1 N–H and O–H groups in total. The summed E-state index contributed by atoms with van der Waals surface area (Å²) in [7, 11) is -0.694. The average Bonchev–Trinajstić information content (AvgIpc) is 2.57. The van der Waals surface area contributed by atoms with Crippen LogP contribution in [0.15, 0.2) is 58.6 Å². The van der Waals surface area contributed by atoms with Crippen LogP contribution >= 0.6 is 11.8 Å². The Morgan fingerprint density at radius 3 is 2.60 bits per heavy atom. The van der Waals surface area contributed by atoms with Crippen LogP contribution in [0.5, 0.6) is 0 Å². The first-order valence-electron chi connectivity index (χ1n) is 7.40. The fourth-order valence-corrected chi connectivity index (χ4v) is 3.73. The van der Waals surface area contributed by atoms with Crippen LogP contribution in [0.25, 0.3) is 0 Å². The molecule has 1 aromatic carbocycles. The van der Waals surface area contributed by atoms with Gasteiger partial charge in [-0.05, 0) is 43.0 Å². The number of benzene rings is 1. The summed E-state index contributed by atoms with van der Waals surface area (Å²) in [5, 5.41) is 14.2. The Hall–Kier alpha value is -2.10. The highest BCUT2D eigenvalue weighted by molar-refractivity contribution is 8.00.